The summed E-state index contributed by atoms with van der Waals surface area (Å²) < 4.78 is 11.2. The molecule has 0 saturated carbocycles. The number of allylic oxidation sites excluding steroid dienone is 3. The molecule has 0 bridgehead atoms. The number of rotatable bonds is 0. The average Bonchev–Trinajstić information content (AvgIpc) is 3.13. The molecule has 2 heterocycles. The number of ketones is 1. The Morgan fingerprint density at radius 3 is 2.71 bits per heavy atom. The maximum atomic E-state index is 12.7. The molecule has 3 aliphatic rings. The van der Waals surface area contributed by atoms with E-state index >= 15 is 0 Å². The van der Waals surface area contributed by atoms with Gasteiger partial charge in [-0.3, -0.25) is 4.79 Å². The number of epoxide rings is 1. The summed E-state index contributed by atoms with van der Waals surface area (Å²) in [4.78, 5) is 24.6. The molecule has 0 radical (unpaired) electrons. The van der Waals surface area contributed by atoms with Crippen molar-refractivity contribution >= 4 is 11.8 Å². The third-order valence-electron chi connectivity index (χ3n) is 5.53. The number of Topliss-reactive ketones (excluding diaryl/α,β-unsaturated/α-hetero) is 1. The van der Waals surface area contributed by atoms with E-state index in [0.717, 1.165) is 25.7 Å². The number of hydrogen-bond donors (Lipinski definition) is 0. The molecule has 0 aromatic heterocycles. The Bertz CT molecular complexity index is 642. The van der Waals surface area contributed by atoms with Gasteiger partial charge in [0, 0.05) is 17.9 Å². The highest BCUT2D eigenvalue weighted by Crippen LogP contribution is 2.44. The van der Waals surface area contributed by atoms with Crippen LogP contribution in [0, 0.1) is 5.92 Å². The number of esters is 1. The zero-order valence-corrected chi connectivity index (χ0v) is 14.8. The summed E-state index contributed by atoms with van der Waals surface area (Å²) >= 11 is 0. The number of carbonyl (C=O) groups excluding carboxylic acids is 2. The van der Waals surface area contributed by atoms with Gasteiger partial charge in [-0.05, 0) is 52.5 Å². The maximum Gasteiger partial charge on any atom is 0.334 e. The van der Waals surface area contributed by atoms with Gasteiger partial charge in [0.25, 0.3) is 0 Å². The van der Waals surface area contributed by atoms with Gasteiger partial charge < -0.3 is 9.47 Å². The first kappa shape index (κ1) is 17.2. The molecule has 2 fully saturated rings. The lowest BCUT2D eigenvalue weighted by atomic mass is 9.85. The fourth-order valence-electron chi connectivity index (χ4n) is 3.63. The van der Waals surface area contributed by atoms with Crippen molar-refractivity contribution in [3.63, 3.8) is 0 Å². The van der Waals surface area contributed by atoms with Gasteiger partial charge in [0.1, 0.15) is 11.7 Å². The highest BCUT2D eigenvalue weighted by molar-refractivity contribution is 5.95. The van der Waals surface area contributed by atoms with Crippen molar-refractivity contribution < 1.29 is 19.1 Å². The molecule has 0 spiro atoms. The third-order valence-corrected chi connectivity index (χ3v) is 5.53. The minimum atomic E-state index is -0.709. The van der Waals surface area contributed by atoms with Gasteiger partial charge >= 0.3 is 5.97 Å². The van der Waals surface area contributed by atoms with E-state index in [4.69, 9.17) is 9.47 Å². The molecule has 4 heteroatoms. The molecule has 0 aromatic rings. The van der Waals surface area contributed by atoms with Crippen LogP contribution in [0.3, 0.4) is 0 Å². The Morgan fingerprint density at radius 1 is 1.21 bits per heavy atom. The van der Waals surface area contributed by atoms with Crippen LogP contribution in [0.2, 0.25) is 0 Å². The topological polar surface area (TPSA) is 55.9 Å². The summed E-state index contributed by atoms with van der Waals surface area (Å²) in [5, 5.41) is 0. The largest absolute Gasteiger partial charge is 0.454 e. The quantitative estimate of drug-likeness (QED) is 0.294. The highest BCUT2D eigenvalue weighted by Gasteiger charge is 2.58. The van der Waals surface area contributed by atoms with Gasteiger partial charge in [-0.25, -0.2) is 4.79 Å². The SMILES string of the molecule is C=C1C(=O)OC2/C=C(\C)CC/C=C(\C)CCC3OC3(C)C(=O)CC12. The van der Waals surface area contributed by atoms with E-state index in [9.17, 15) is 9.59 Å². The van der Waals surface area contributed by atoms with Crippen LogP contribution in [0.5, 0.6) is 0 Å². The van der Waals surface area contributed by atoms with E-state index < -0.39 is 5.60 Å². The van der Waals surface area contributed by atoms with Crippen molar-refractivity contribution in [3.8, 4) is 0 Å². The standard InChI is InChI=1S/C20H26O4/c1-12-6-5-7-13(2)10-16-15(14(3)19(22)23-16)11-17(21)20(4)18(24-20)9-8-12/h6,10,15-16,18H,3,5,7-9,11H2,1-2,4H3/b12-6+,13-10+. The fourth-order valence-corrected chi connectivity index (χ4v) is 3.63. The lowest BCUT2D eigenvalue weighted by molar-refractivity contribution is -0.137. The van der Waals surface area contributed by atoms with Crippen LogP contribution < -0.4 is 0 Å². The lowest BCUT2D eigenvalue weighted by Gasteiger charge is -2.17. The van der Waals surface area contributed by atoms with Gasteiger partial charge in [0.2, 0.25) is 0 Å². The van der Waals surface area contributed by atoms with E-state index in [-0.39, 0.29) is 36.3 Å². The summed E-state index contributed by atoms with van der Waals surface area (Å²) in [6.07, 6.45) is 7.80. The fraction of sp³-hybridized carbons (Fsp3) is 0.600. The van der Waals surface area contributed by atoms with Crippen molar-refractivity contribution in [3.05, 3.63) is 35.5 Å². The highest BCUT2D eigenvalue weighted by atomic mass is 16.6. The van der Waals surface area contributed by atoms with Gasteiger partial charge in [-0.15, -0.1) is 0 Å². The minimum absolute atomic E-state index is 0.0155. The molecular formula is C20H26O4. The van der Waals surface area contributed by atoms with Crippen molar-refractivity contribution in [2.45, 2.75) is 70.7 Å². The van der Waals surface area contributed by atoms with Gasteiger partial charge in [0.15, 0.2) is 5.78 Å². The minimum Gasteiger partial charge on any atom is -0.454 e. The molecule has 24 heavy (non-hydrogen) atoms. The Kier molecular flexibility index (Phi) is 4.52. The van der Waals surface area contributed by atoms with Crippen molar-refractivity contribution in [2.24, 2.45) is 5.92 Å². The van der Waals surface area contributed by atoms with Crippen molar-refractivity contribution in [1.82, 2.24) is 0 Å². The Hall–Kier alpha value is -1.68. The number of carbonyl (C=O) groups is 2. The van der Waals surface area contributed by atoms with Crippen LogP contribution in [-0.4, -0.2) is 29.6 Å². The first-order valence-electron chi connectivity index (χ1n) is 8.75. The van der Waals surface area contributed by atoms with Crippen LogP contribution in [0.1, 0.15) is 52.9 Å². The molecule has 130 valence electrons. The predicted molar refractivity (Wildman–Crippen MR) is 91.4 cm³/mol. The molecule has 0 aromatic carbocycles. The molecule has 0 amide bonds. The molecule has 2 saturated heterocycles. The summed E-state index contributed by atoms with van der Waals surface area (Å²) in [6.45, 7) is 9.88. The van der Waals surface area contributed by atoms with E-state index in [0.29, 0.717) is 5.57 Å². The summed E-state index contributed by atoms with van der Waals surface area (Å²) in [5.41, 5.74) is 2.21. The molecule has 1 aliphatic carbocycles. The second-order valence-electron chi connectivity index (χ2n) is 7.48. The Balaban J connectivity index is 1.86. The molecule has 4 unspecified atom stereocenters. The zero-order chi connectivity index (χ0) is 17.5. The smallest absolute Gasteiger partial charge is 0.334 e. The van der Waals surface area contributed by atoms with Crippen LogP contribution >= 0.6 is 0 Å². The molecule has 3 rings (SSSR count). The average molecular weight is 330 g/mol. The van der Waals surface area contributed by atoms with Crippen LogP contribution in [-0.2, 0) is 19.1 Å². The monoisotopic (exact) mass is 330 g/mol. The van der Waals surface area contributed by atoms with Crippen molar-refractivity contribution in [2.75, 3.05) is 0 Å². The normalized spacial score (nSPS) is 42.0. The maximum absolute atomic E-state index is 12.7. The molecule has 4 atom stereocenters. The van der Waals surface area contributed by atoms with E-state index in [1.54, 1.807) is 0 Å². The Morgan fingerprint density at radius 2 is 1.96 bits per heavy atom. The van der Waals surface area contributed by atoms with E-state index in [2.05, 4.69) is 19.6 Å². The van der Waals surface area contributed by atoms with Gasteiger partial charge in [-0.1, -0.05) is 23.8 Å². The molecule has 2 aliphatic heterocycles. The predicted octanol–water partition coefficient (Wildman–Crippen LogP) is 3.67. The first-order valence-corrected chi connectivity index (χ1v) is 8.75. The van der Waals surface area contributed by atoms with E-state index in [1.807, 2.05) is 19.9 Å². The number of fused-ring (bicyclic) bond motifs is 2. The summed E-state index contributed by atoms with van der Waals surface area (Å²) in [7, 11) is 0. The first-order chi connectivity index (χ1) is 11.3. The second-order valence-corrected chi connectivity index (χ2v) is 7.48. The van der Waals surface area contributed by atoms with Gasteiger partial charge in [0.05, 0.1) is 6.10 Å². The summed E-state index contributed by atoms with van der Waals surface area (Å²) in [5.74, 6) is -0.617. The van der Waals surface area contributed by atoms with Gasteiger partial charge in [-0.2, -0.15) is 0 Å². The van der Waals surface area contributed by atoms with Crippen molar-refractivity contribution in [1.29, 1.82) is 0 Å². The number of ether oxygens (including phenoxy) is 2. The number of hydrogen-bond acceptors (Lipinski definition) is 4. The van der Waals surface area contributed by atoms with Crippen LogP contribution in [0.25, 0.3) is 0 Å². The molecule has 4 nitrogen and oxygen atoms in total. The second kappa shape index (κ2) is 6.32. The van der Waals surface area contributed by atoms with Crippen LogP contribution in [0.15, 0.2) is 35.5 Å². The molecule has 0 N–H and O–H groups in total. The van der Waals surface area contributed by atoms with Crippen LogP contribution in [0.4, 0.5) is 0 Å². The van der Waals surface area contributed by atoms with E-state index in [1.165, 1.54) is 11.1 Å². The third kappa shape index (κ3) is 3.25. The Labute approximate surface area is 143 Å². The molecular weight excluding hydrogens is 304 g/mol. The lowest BCUT2D eigenvalue weighted by Crippen LogP contribution is -2.29. The summed E-state index contributed by atoms with van der Waals surface area (Å²) in [6, 6.07) is 0. The zero-order valence-electron chi connectivity index (χ0n) is 14.8.